The fraction of sp³-hybridized carbons (Fsp3) is 0.550. The van der Waals surface area contributed by atoms with Gasteiger partial charge in [0, 0.05) is 26.6 Å². The molecule has 7 nitrogen and oxygen atoms in total. The molecule has 2 amide bonds. The third-order valence-corrected chi connectivity index (χ3v) is 4.79. The van der Waals surface area contributed by atoms with Crippen molar-refractivity contribution < 1.29 is 24.2 Å². The van der Waals surface area contributed by atoms with Gasteiger partial charge in [0.15, 0.2) is 0 Å². The molecule has 1 N–H and O–H groups in total. The summed E-state index contributed by atoms with van der Waals surface area (Å²) in [6, 6.07) is 7.74. The molecule has 0 unspecified atom stereocenters. The van der Waals surface area contributed by atoms with Gasteiger partial charge in [0.05, 0.1) is 19.1 Å². The Labute approximate surface area is 159 Å². The first kappa shape index (κ1) is 20.7. The van der Waals surface area contributed by atoms with Crippen molar-refractivity contribution in [2.45, 2.75) is 32.6 Å². The van der Waals surface area contributed by atoms with Crippen molar-refractivity contribution >= 4 is 17.8 Å². The number of aliphatic carboxylic acids is 1. The number of carboxylic acids is 1. The monoisotopic (exact) mass is 376 g/mol. The number of benzene rings is 1. The highest BCUT2D eigenvalue weighted by Gasteiger charge is 2.27. The molecule has 1 heterocycles. The lowest BCUT2D eigenvalue weighted by Crippen LogP contribution is -2.45. The first-order chi connectivity index (χ1) is 12.9. The van der Waals surface area contributed by atoms with Crippen LogP contribution in [0.4, 0.5) is 0 Å². The predicted molar refractivity (Wildman–Crippen MR) is 100 cm³/mol. The number of likely N-dealkylation sites (tertiary alicyclic amines) is 1. The zero-order valence-corrected chi connectivity index (χ0v) is 16.0. The number of amides is 2. The number of piperidine rings is 1. The summed E-state index contributed by atoms with van der Waals surface area (Å²) in [4.78, 5) is 38.5. The summed E-state index contributed by atoms with van der Waals surface area (Å²) in [6.07, 6.45) is 1.83. The highest BCUT2D eigenvalue weighted by Crippen LogP contribution is 2.17. The van der Waals surface area contributed by atoms with Crippen molar-refractivity contribution in [2.75, 3.05) is 33.3 Å². The highest BCUT2D eigenvalue weighted by atomic mass is 16.5. The number of carbonyl (C=O) groups is 3. The molecule has 1 saturated heterocycles. The number of nitrogens with zero attached hydrogens (tertiary/aromatic N) is 2. The van der Waals surface area contributed by atoms with Gasteiger partial charge in [0.2, 0.25) is 11.8 Å². The van der Waals surface area contributed by atoms with Gasteiger partial charge in [0.25, 0.3) is 0 Å². The van der Waals surface area contributed by atoms with E-state index >= 15 is 0 Å². The Bertz CT molecular complexity index is 668. The molecule has 1 aromatic rings. The van der Waals surface area contributed by atoms with Gasteiger partial charge in [-0.15, -0.1) is 0 Å². The van der Waals surface area contributed by atoms with E-state index in [2.05, 4.69) is 0 Å². The molecule has 0 bridgehead atoms. The molecule has 1 aliphatic heterocycles. The average molecular weight is 376 g/mol. The van der Waals surface area contributed by atoms with Crippen molar-refractivity contribution in [3.8, 4) is 5.75 Å². The summed E-state index contributed by atoms with van der Waals surface area (Å²) in [5.41, 5.74) is 1.12. The van der Waals surface area contributed by atoms with E-state index < -0.39 is 5.97 Å². The van der Waals surface area contributed by atoms with Crippen LogP contribution in [0.1, 0.15) is 31.2 Å². The van der Waals surface area contributed by atoms with E-state index in [4.69, 9.17) is 9.84 Å². The molecule has 0 atom stereocenters. The number of aryl methyl sites for hydroxylation is 1. The Morgan fingerprint density at radius 2 is 1.96 bits per heavy atom. The number of rotatable bonds is 8. The lowest BCUT2D eigenvalue weighted by Gasteiger charge is -2.31. The Balaban J connectivity index is 1.66. The van der Waals surface area contributed by atoms with E-state index in [-0.39, 0.29) is 24.3 Å². The molecule has 0 saturated carbocycles. The number of hydrogen-bond donors (Lipinski definition) is 1. The zero-order valence-electron chi connectivity index (χ0n) is 16.0. The summed E-state index contributed by atoms with van der Waals surface area (Å²) in [6.45, 7) is 3.33. The van der Waals surface area contributed by atoms with Crippen LogP contribution in [0.15, 0.2) is 24.3 Å². The van der Waals surface area contributed by atoms with Gasteiger partial charge in [-0.25, -0.2) is 0 Å². The van der Waals surface area contributed by atoms with Crippen LogP contribution in [-0.2, 0) is 14.4 Å². The fourth-order valence-corrected chi connectivity index (χ4v) is 3.08. The van der Waals surface area contributed by atoms with Gasteiger partial charge in [-0.05, 0) is 43.9 Å². The quantitative estimate of drug-likeness (QED) is 0.701. The lowest BCUT2D eigenvalue weighted by molar-refractivity contribution is -0.146. The van der Waals surface area contributed by atoms with E-state index in [9.17, 15) is 14.4 Å². The van der Waals surface area contributed by atoms with Crippen molar-refractivity contribution in [3.05, 3.63) is 29.8 Å². The maximum Gasteiger partial charge on any atom is 0.306 e. The zero-order chi connectivity index (χ0) is 19.8. The fourth-order valence-electron chi connectivity index (χ4n) is 3.08. The Morgan fingerprint density at radius 1 is 1.26 bits per heavy atom. The minimum absolute atomic E-state index is 0.0231. The second-order valence-electron chi connectivity index (χ2n) is 7.01. The number of hydrogen-bond acceptors (Lipinski definition) is 4. The largest absolute Gasteiger partial charge is 0.494 e. The SMILES string of the molecule is Cc1cccc(OCCCC(=O)N(C)CC(=O)N2CCC(C(=O)O)CC2)c1. The maximum absolute atomic E-state index is 12.3. The van der Waals surface area contributed by atoms with Crippen LogP contribution in [0.5, 0.6) is 5.75 Å². The topological polar surface area (TPSA) is 87.2 Å². The molecule has 27 heavy (non-hydrogen) atoms. The van der Waals surface area contributed by atoms with E-state index in [1.54, 1.807) is 11.9 Å². The third kappa shape index (κ3) is 6.58. The van der Waals surface area contributed by atoms with E-state index in [0.29, 0.717) is 45.4 Å². The van der Waals surface area contributed by atoms with Gasteiger partial charge >= 0.3 is 5.97 Å². The van der Waals surface area contributed by atoms with Gasteiger partial charge in [0.1, 0.15) is 5.75 Å². The Hall–Kier alpha value is -2.57. The smallest absolute Gasteiger partial charge is 0.306 e. The molecule has 1 aromatic carbocycles. The van der Waals surface area contributed by atoms with E-state index in [1.165, 1.54) is 4.90 Å². The molecule has 2 rings (SSSR count). The molecule has 7 heteroatoms. The normalized spacial score (nSPS) is 14.7. The molecule has 1 aliphatic rings. The summed E-state index contributed by atoms with van der Waals surface area (Å²) in [7, 11) is 1.62. The standard InChI is InChI=1S/C20H28N2O5/c1-15-5-3-6-17(13-15)27-12-4-7-18(23)21(2)14-19(24)22-10-8-16(9-11-22)20(25)26/h3,5-6,13,16H,4,7-12,14H2,1-2H3,(H,25,26). The van der Waals surface area contributed by atoms with Crippen LogP contribution < -0.4 is 4.74 Å². The Morgan fingerprint density at radius 3 is 2.59 bits per heavy atom. The van der Waals surface area contributed by atoms with Crippen LogP contribution in [-0.4, -0.2) is 66.0 Å². The molecule has 1 fully saturated rings. The summed E-state index contributed by atoms with van der Waals surface area (Å²) < 4.78 is 5.63. The first-order valence-corrected chi connectivity index (χ1v) is 9.31. The van der Waals surface area contributed by atoms with Crippen LogP contribution in [0.25, 0.3) is 0 Å². The molecule has 0 radical (unpaired) electrons. The van der Waals surface area contributed by atoms with E-state index in [1.807, 2.05) is 31.2 Å². The minimum Gasteiger partial charge on any atom is -0.494 e. The van der Waals surface area contributed by atoms with Gasteiger partial charge < -0.3 is 19.6 Å². The summed E-state index contributed by atoms with van der Waals surface area (Å²) >= 11 is 0. The molecular weight excluding hydrogens is 348 g/mol. The molecule has 0 aliphatic carbocycles. The summed E-state index contributed by atoms with van der Waals surface area (Å²) in [5.74, 6) is -0.623. The summed E-state index contributed by atoms with van der Waals surface area (Å²) in [5, 5.41) is 9.00. The van der Waals surface area contributed by atoms with Gasteiger partial charge in [-0.2, -0.15) is 0 Å². The first-order valence-electron chi connectivity index (χ1n) is 9.31. The van der Waals surface area contributed by atoms with Crippen molar-refractivity contribution in [3.63, 3.8) is 0 Å². The van der Waals surface area contributed by atoms with Crippen molar-refractivity contribution in [2.24, 2.45) is 5.92 Å². The highest BCUT2D eigenvalue weighted by molar-refractivity contribution is 5.84. The van der Waals surface area contributed by atoms with Crippen LogP contribution in [0.3, 0.4) is 0 Å². The van der Waals surface area contributed by atoms with E-state index in [0.717, 1.165) is 11.3 Å². The lowest BCUT2D eigenvalue weighted by atomic mass is 9.97. The number of carboxylic acid groups (broad SMARTS) is 1. The van der Waals surface area contributed by atoms with Gasteiger partial charge in [-0.1, -0.05) is 12.1 Å². The number of ether oxygens (including phenoxy) is 1. The number of likely N-dealkylation sites (N-methyl/N-ethyl adjacent to an activating group) is 1. The van der Waals surface area contributed by atoms with Crippen molar-refractivity contribution in [1.82, 2.24) is 9.80 Å². The average Bonchev–Trinajstić information content (AvgIpc) is 2.65. The molecule has 0 spiro atoms. The van der Waals surface area contributed by atoms with Gasteiger partial charge in [-0.3, -0.25) is 14.4 Å². The molecular formula is C20H28N2O5. The second-order valence-corrected chi connectivity index (χ2v) is 7.01. The molecule has 148 valence electrons. The van der Waals surface area contributed by atoms with Crippen LogP contribution in [0.2, 0.25) is 0 Å². The third-order valence-electron chi connectivity index (χ3n) is 4.79. The molecule has 0 aromatic heterocycles. The minimum atomic E-state index is -0.803. The maximum atomic E-state index is 12.3. The van der Waals surface area contributed by atoms with Crippen LogP contribution in [0, 0.1) is 12.8 Å². The number of carbonyl (C=O) groups excluding carboxylic acids is 2. The van der Waals surface area contributed by atoms with Crippen molar-refractivity contribution in [1.29, 1.82) is 0 Å². The van der Waals surface area contributed by atoms with Crippen LogP contribution >= 0.6 is 0 Å². The predicted octanol–water partition coefficient (Wildman–Crippen LogP) is 1.94. The Kier molecular flexibility index (Phi) is 7.64. The second kappa shape index (κ2) is 9.94.